The van der Waals surface area contributed by atoms with Crippen LogP contribution >= 0.6 is 15.9 Å². The number of hydrogen-bond donors (Lipinski definition) is 1. The predicted octanol–water partition coefficient (Wildman–Crippen LogP) is 5.82. The van der Waals surface area contributed by atoms with Crippen LogP contribution in [0.25, 0.3) is 5.70 Å². The lowest BCUT2D eigenvalue weighted by molar-refractivity contribution is 0.0200. The standard InChI is InChI=1S/C22H33BrN2O2/c1-7-16-13-20(25(14-16)21(26)27-22(4,5)6)15(3)24-19(8-2)17-9-11-18(23)12-10-17/h8-12,15-16,20,24H,7,13-14H2,1-6H3/b19-8-/t15?,16-,20-/m0/s1. The van der Waals surface area contributed by atoms with Gasteiger partial charge in [-0.25, -0.2) is 4.79 Å². The van der Waals surface area contributed by atoms with Crippen molar-refractivity contribution in [2.75, 3.05) is 6.54 Å². The molecule has 1 aliphatic heterocycles. The Hall–Kier alpha value is -1.49. The number of benzene rings is 1. The highest BCUT2D eigenvalue weighted by Crippen LogP contribution is 2.30. The maximum absolute atomic E-state index is 12.8. The second kappa shape index (κ2) is 9.13. The van der Waals surface area contributed by atoms with E-state index >= 15 is 0 Å². The Balaban J connectivity index is 2.14. The predicted molar refractivity (Wildman–Crippen MR) is 116 cm³/mol. The molecule has 1 aromatic rings. The first kappa shape index (κ1) is 21.8. The number of halogens is 1. The van der Waals surface area contributed by atoms with Crippen LogP contribution in [-0.4, -0.2) is 35.2 Å². The third-order valence-corrected chi connectivity index (χ3v) is 5.57. The number of allylic oxidation sites excluding steroid dienone is 1. The van der Waals surface area contributed by atoms with Crippen LogP contribution in [0.5, 0.6) is 0 Å². The van der Waals surface area contributed by atoms with Crippen LogP contribution in [0.15, 0.2) is 34.8 Å². The molecule has 2 rings (SSSR count). The van der Waals surface area contributed by atoms with Gasteiger partial charge in [-0.1, -0.05) is 47.5 Å². The number of rotatable bonds is 5. The summed E-state index contributed by atoms with van der Waals surface area (Å²) < 4.78 is 6.73. The molecule has 150 valence electrons. The number of nitrogens with one attached hydrogen (secondary N) is 1. The van der Waals surface area contributed by atoms with Crippen LogP contribution in [0, 0.1) is 5.92 Å². The Bertz CT molecular complexity index is 664. The van der Waals surface area contributed by atoms with Gasteiger partial charge in [-0.15, -0.1) is 0 Å². The van der Waals surface area contributed by atoms with E-state index < -0.39 is 5.60 Å². The first-order valence-electron chi connectivity index (χ1n) is 9.83. The van der Waals surface area contributed by atoms with Crippen molar-refractivity contribution in [2.45, 2.75) is 72.1 Å². The van der Waals surface area contributed by atoms with Crippen molar-refractivity contribution >= 4 is 27.7 Å². The summed E-state index contributed by atoms with van der Waals surface area (Å²) in [6.07, 6.45) is 3.96. The minimum Gasteiger partial charge on any atom is -0.444 e. The van der Waals surface area contributed by atoms with E-state index in [-0.39, 0.29) is 18.2 Å². The summed E-state index contributed by atoms with van der Waals surface area (Å²) in [6, 6.07) is 8.52. The average Bonchev–Trinajstić information content (AvgIpc) is 3.04. The molecule has 0 spiro atoms. The molecule has 1 aromatic carbocycles. The molecule has 3 atom stereocenters. The van der Waals surface area contributed by atoms with Crippen LogP contribution in [0.3, 0.4) is 0 Å². The van der Waals surface area contributed by atoms with Crippen LogP contribution in [0.1, 0.15) is 59.9 Å². The molecule has 5 heteroatoms. The molecule has 4 nitrogen and oxygen atoms in total. The van der Waals surface area contributed by atoms with E-state index in [9.17, 15) is 4.79 Å². The molecule has 27 heavy (non-hydrogen) atoms. The van der Waals surface area contributed by atoms with Gasteiger partial charge in [0.2, 0.25) is 0 Å². The molecule has 1 saturated heterocycles. The Morgan fingerprint density at radius 1 is 1.37 bits per heavy atom. The molecule has 1 amide bonds. The fourth-order valence-corrected chi connectivity index (χ4v) is 3.83. The lowest BCUT2D eigenvalue weighted by atomic mass is 9.99. The van der Waals surface area contributed by atoms with Crippen molar-refractivity contribution in [1.29, 1.82) is 0 Å². The molecule has 0 radical (unpaired) electrons. The molecule has 1 heterocycles. The maximum atomic E-state index is 12.8. The van der Waals surface area contributed by atoms with Gasteiger partial charge in [0, 0.05) is 22.8 Å². The third-order valence-electron chi connectivity index (χ3n) is 5.04. The minimum atomic E-state index is -0.478. The number of likely N-dealkylation sites (tertiary alicyclic amines) is 1. The molecule has 0 bridgehead atoms. The summed E-state index contributed by atoms with van der Waals surface area (Å²) in [5.74, 6) is 0.522. The van der Waals surface area contributed by atoms with Crippen LogP contribution < -0.4 is 5.32 Å². The average molecular weight is 437 g/mol. The molecule has 1 N–H and O–H groups in total. The number of carbonyl (C=O) groups excluding carboxylic acids is 1. The maximum Gasteiger partial charge on any atom is 0.410 e. The number of carbonyl (C=O) groups is 1. The Labute approximate surface area is 172 Å². The van der Waals surface area contributed by atoms with Crippen molar-refractivity contribution in [3.63, 3.8) is 0 Å². The minimum absolute atomic E-state index is 0.121. The van der Waals surface area contributed by atoms with Crippen LogP contribution in [0.2, 0.25) is 0 Å². The molecular weight excluding hydrogens is 404 g/mol. The molecule has 0 saturated carbocycles. The summed E-state index contributed by atoms with van der Waals surface area (Å²) >= 11 is 3.49. The Kier molecular flexibility index (Phi) is 7.38. The summed E-state index contributed by atoms with van der Waals surface area (Å²) in [4.78, 5) is 14.7. The van der Waals surface area contributed by atoms with E-state index in [0.29, 0.717) is 5.92 Å². The van der Waals surface area contributed by atoms with Crippen LogP contribution in [0.4, 0.5) is 4.79 Å². The number of nitrogens with zero attached hydrogens (tertiary/aromatic N) is 1. The molecular formula is C22H33BrN2O2. The monoisotopic (exact) mass is 436 g/mol. The topological polar surface area (TPSA) is 41.6 Å². The Morgan fingerprint density at radius 3 is 2.52 bits per heavy atom. The van der Waals surface area contributed by atoms with E-state index in [1.165, 1.54) is 0 Å². The highest BCUT2D eigenvalue weighted by atomic mass is 79.9. The fraction of sp³-hybridized carbons (Fsp3) is 0.591. The largest absolute Gasteiger partial charge is 0.444 e. The second-order valence-corrected chi connectivity index (χ2v) is 9.27. The number of ether oxygens (including phenoxy) is 1. The van der Waals surface area contributed by atoms with E-state index in [1.54, 1.807) is 0 Å². The molecule has 0 aromatic heterocycles. The normalized spacial score (nSPS) is 21.9. The molecule has 0 aliphatic carbocycles. The number of hydrogen-bond acceptors (Lipinski definition) is 3. The first-order valence-corrected chi connectivity index (χ1v) is 10.6. The van der Waals surface area contributed by atoms with E-state index in [4.69, 9.17) is 4.74 Å². The van der Waals surface area contributed by atoms with Gasteiger partial charge in [-0.3, -0.25) is 0 Å². The second-order valence-electron chi connectivity index (χ2n) is 8.35. The van der Waals surface area contributed by atoms with E-state index in [1.807, 2.05) is 44.7 Å². The van der Waals surface area contributed by atoms with Crippen molar-refractivity contribution in [3.05, 3.63) is 40.4 Å². The summed E-state index contributed by atoms with van der Waals surface area (Å²) in [6.45, 7) is 12.9. The smallest absolute Gasteiger partial charge is 0.410 e. The third kappa shape index (κ3) is 6.00. The number of amides is 1. The zero-order chi connectivity index (χ0) is 20.2. The van der Waals surface area contributed by atoms with Gasteiger partial charge in [-0.05, 0) is 64.7 Å². The van der Waals surface area contributed by atoms with Crippen LogP contribution in [-0.2, 0) is 4.74 Å². The fourth-order valence-electron chi connectivity index (χ4n) is 3.56. The van der Waals surface area contributed by atoms with Gasteiger partial charge in [0.1, 0.15) is 5.60 Å². The lowest BCUT2D eigenvalue weighted by Gasteiger charge is -2.33. The van der Waals surface area contributed by atoms with Gasteiger partial charge >= 0.3 is 6.09 Å². The highest BCUT2D eigenvalue weighted by Gasteiger charge is 2.39. The Morgan fingerprint density at radius 2 is 2.00 bits per heavy atom. The van der Waals surface area contributed by atoms with Gasteiger partial charge in [0.05, 0.1) is 6.04 Å². The van der Waals surface area contributed by atoms with Gasteiger partial charge in [0.25, 0.3) is 0 Å². The molecule has 1 unspecified atom stereocenters. The lowest BCUT2D eigenvalue weighted by Crippen LogP contribution is -2.48. The van der Waals surface area contributed by atoms with E-state index in [0.717, 1.165) is 35.1 Å². The highest BCUT2D eigenvalue weighted by molar-refractivity contribution is 9.10. The zero-order valence-corrected chi connectivity index (χ0v) is 19.0. The summed E-state index contributed by atoms with van der Waals surface area (Å²) in [5.41, 5.74) is 1.75. The van der Waals surface area contributed by atoms with Crippen molar-refractivity contribution in [3.8, 4) is 0 Å². The quantitative estimate of drug-likeness (QED) is 0.631. The van der Waals surface area contributed by atoms with Gasteiger partial charge in [-0.2, -0.15) is 0 Å². The van der Waals surface area contributed by atoms with Gasteiger partial charge in [0.15, 0.2) is 0 Å². The van der Waals surface area contributed by atoms with Crippen molar-refractivity contribution in [1.82, 2.24) is 10.2 Å². The van der Waals surface area contributed by atoms with E-state index in [2.05, 4.69) is 53.3 Å². The zero-order valence-electron chi connectivity index (χ0n) is 17.4. The first-order chi connectivity index (χ1) is 12.6. The SMILES string of the molecule is C/C=C(\NC(C)[C@@H]1C[C@H](CC)CN1C(=O)OC(C)(C)C)c1ccc(Br)cc1. The van der Waals surface area contributed by atoms with Crippen molar-refractivity contribution < 1.29 is 9.53 Å². The summed E-state index contributed by atoms with van der Waals surface area (Å²) in [5, 5.41) is 3.63. The van der Waals surface area contributed by atoms with Crippen molar-refractivity contribution in [2.24, 2.45) is 5.92 Å². The summed E-state index contributed by atoms with van der Waals surface area (Å²) in [7, 11) is 0. The van der Waals surface area contributed by atoms with Gasteiger partial charge < -0.3 is 15.0 Å². The molecule has 1 aliphatic rings. The molecule has 1 fully saturated rings.